The fraction of sp³-hybridized carbons (Fsp3) is 0.500. The second-order valence-electron chi connectivity index (χ2n) is 4.17. The Morgan fingerprint density at radius 1 is 1.60 bits per heavy atom. The molecule has 1 aromatic rings. The van der Waals surface area contributed by atoms with Crippen molar-refractivity contribution in [3.63, 3.8) is 0 Å². The number of carboxylic acids is 1. The predicted molar refractivity (Wildman–Crippen MR) is 55.0 cm³/mol. The maximum atomic E-state index is 10.9. The van der Waals surface area contributed by atoms with Crippen LogP contribution in [-0.4, -0.2) is 26.6 Å². The molecule has 1 saturated carbocycles. The Bertz CT molecular complexity index is 413. The average molecular weight is 207 g/mol. The summed E-state index contributed by atoms with van der Waals surface area (Å²) >= 11 is 0. The number of carbonyl (C=O) groups is 1. The highest BCUT2D eigenvalue weighted by molar-refractivity contribution is 5.92. The molecule has 0 spiro atoms. The van der Waals surface area contributed by atoms with E-state index in [9.17, 15) is 4.79 Å². The zero-order valence-corrected chi connectivity index (χ0v) is 8.74. The van der Waals surface area contributed by atoms with Gasteiger partial charge in [0, 0.05) is 11.7 Å². The average Bonchev–Trinajstić information content (AvgIpc) is 2.82. The van der Waals surface area contributed by atoms with Gasteiger partial charge in [0.1, 0.15) is 17.2 Å². The lowest BCUT2D eigenvalue weighted by Gasteiger charge is -2.14. The summed E-state index contributed by atoms with van der Waals surface area (Å²) in [4.78, 5) is 18.9. The molecule has 1 heterocycles. The number of carboxylic acid groups (broad SMARTS) is 1. The zero-order chi connectivity index (χ0) is 11.1. The van der Waals surface area contributed by atoms with Gasteiger partial charge in [-0.1, -0.05) is 0 Å². The summed E-state index contributed by atoms with van der Waals surface area (Å²) in [6.45, 7) is 3.79. The number of aromatic nitrogens is 2. The lowest BCUT2D eigenvalue weighted by atomic mass is 10.2. The summed E-state index contributed by atoms with van der Waals surface area (Å²) in [6, 6.07) is 0. The summed E-state index contributed by atoms with van der Waals surface area (Å²) in [6.07, 6.45) is 3.45. The Kier molecular flexibility index (Phi) is 2.10. The molecule has 80 valence electrons. The molecule has 15 heavy (non-hydrogen) atoms. The highest BCUT2D eigenvalue weighted by Gasteiger charge is 2.38. The van der Waals surface area contributed by atoms with Gasteiger partial charge in [-0.2, -0.15) is 0 Å². The molecule has 1 fully saturated rings. The molecule has 1 aliphatic carbocycles. The zero-order valence-electron chi connectivity index (χ0n) is 8.74. The van der Waals surface area contributed by atoms with E-state index in [0.717, 1.165) is 12.8 Å². The molecule has 0 bridgehead atoms. The van der Waals surface area contributed by atoms with Gasteiger partial charge in [-0.05, 0) is 26.7 Å². The monoisotopic (exact) mass is 207 g/mol. The first-order valence-corrected chi connectivity index (χ1v) is 4.85. The van der Waals surface area contributed by atoms with Crippen LogP contribution in [0.15, 0.2) is 6.20 Å². The minimum absolute atomic E-state index is 0.0188. The third-order valence-corrected chi connectivity index (χ3v) is 2.56. The lowest BCUT2D eigenvalue weighted by molar-refractivity contribution is 0.0697. The number of nitrogens with one attached hydrogen (secondary N) is 1. The molecular formula is C10H13N3O2. The molecule has 5 heteroatoms. The molecule has 0 atom stereocenters. The Morgan fingerprint density at radius 2 is 2.27 bits per heavy atom. The minimum atomic E-state index is -0.998. The first kappa shape index (κ1) is 9.89. The SMILES string of the molecule is Cc1ncc(C(=O)O)c(NC2(C)CC2)n1. The van der Waals surface area contributed by atoms with Crippen molar-refractivity contribution < 1.29 is 9.90 Å². The van der Waals surface area contributed by atoms with Crippen LogP contribution in [0.1, 0.15) is 35.9 Å². The van der Waals surface area contributed by atoms with E-state index >= 15 is 0 Å². The first-order valence-electron chi connectivity index (χ1n) is 4.85. The normalized spacial score (nSPS) is 17.2. The van der Waals surface area contributed by atoms with Crippen LogP contribution in [0.5, 0.6) is 0 Å². The minimum Gasteiger partial charge on any atom is -0.477 e. The van der Waals surface area contributed by atoms with Crippen LogP contribution in [0.2, 0.25) is 0 Å². The van der Waals surface area contributed by atoms with E-state index < -0.39 is 5.97 Å². The Morgan fingerprint density at radius 3 is 2.80 bits per heavy atom. The molecule has 0 amide bonds. The van der Waals surface area contributed by atoms with Gasteiger partial charge >= 0.3 is 5.97 Å². The van der Waals surface area contributed by atoms with Crippen LogP contribution in [0.4, 0.5) is 5.82 Å². The van der Waals surface area contributed by atoms with E-state index in [1.807, 2.05) is 0 Å². The van der Waals surface area contributed by atoms with Crippen molar-refractivity contribution in [1.82, 2.24) is 9.97 Å². The second kappa shape index (κ2) is 3.18. The maximum absolute atomic E-state index is 10.9. The standard InChI is InChI=1S/C10H13N3O2/c1-6-11-5-7(9(14)15)8(12-6)13-10(2)3-4-10/h5H,3-4H2,1-2H3,(H,14,15)(H,11,12,13). The smallest absolute Gasteiger partial charge is 0.341 e. The largest absolute Gasteiger partial charge is 0.477 e. The van der Waals surface area contributed by atoms with E-state index in [1.54, 1.807) is 6.92 Å². The third kappa shape index (κ3) is 2.06. The van der Waals surface area contributed by atoms with Gasteiger partial charge in [-0.15, -0.1) is 0 Å². The van der Waals surface area contributed by atoms with E-state index in [0.29, 0.717) is 11.6 Å². The van der Waals surface area contributed by atoms with E-state index in [1.165, 1.54) is 6.20 Å². The highest BCUT2D eigenvalue weighted by Crippen LogP contribution is 2.38. The number of rotatable bonds is 3. The molecule has 0 aliphatic heterocycles. The third-order valence-electron chi connectivity index (χ3n) is 2.56. The molecule has 0 saturated heterocycles. The number of hydrogen-bond donors (Lipinski definition) is 2. The molecule has 1 aliphatic rings. The maximum Gasteiger partial charge on any atom is 0.341 e. The van der Waals surface area contributed by atoms with Crippen LogP contribution in [-0.2, 0) is 0 Å². The Hall–Kier alpha value is -1.65. The van der Waals surface area contributed by atoms with Gasteiger partial charge < -0.3 is 10.4 Å². The molecule has 5 nitrogen and oxygen atoms in total. The molecule has 0 radical (unpaired) electrons. The highest BCUT2D eigenvalue weighted by atomic mass is 16.4. The quantitative estimate of drug-likeness (QED) is 0.784. The van der Waals surface area contributed by atoms with Gasteiger partial charge in [0.05, 0.1) is 0 Å². The van der Waals surface area contributed by atoms with Gasteiger partial charge in [0.2, 0.25) is 0 Å². The van der Waals surface area contributed by atoms with Crippen molar-refractivity contribution in [2.45, 2.75) is 32.2 Å². The fourth-order valence-electron chi connectivity index (χ4n) is 1.32. The summed E-state index contributed by atoms with van der Waals surface area (Å²) in [7, 11) is 0. The second-order valence-corrected chi connectivity index (χ2v) is 4.17. The summed E-state index contributed by atoms with van der Waals surface area (Å²) in [5.74, 6) is 0.00324. The van der Waals surface area contributed by atoms with Crippen LogP contribution in [0.25, 0.3) is 0 Å². The summed E-state index contributed by atoms with van der Waals surface area (Å²) in [5.41, 5.74) is 0.152. The van der Waals surface area contributed by atoms with Crippen molar-refractivity contribution in [3.05, 3.63) is 17.6 Å². The Balaban J connectivity index is 2.34. The lowest BCUT2D eigenvalue weighted by Crippen LogP contribution is -2.20. The van der Waals surface area contributed by atoms with Crippen molar-refractivity contribution >= 4 is 11.8 Å². The van der Waals surface area contributed by atoms with E-state index in [-0.39, 0.29) is 11.1 Å². The number of aryl methyl sites for hydroxylation is 1. The van der Waals surface area contributed by atoms with Crippen molar-refractivity contribution in [2.24, 2.45) is 0 Å². The molecule has 1 aromatic heterocycles. The van der Waals surface area contributed by atoms with Crippen LogP contribution in [0, 0.1) is 6.92 Å². The number of anilines is 1. The molecule has 2 N–H and O–H groups in total. The summed E-state index contributed by atoms with van der Waals surface area (Å²) in [5, 5.41) is 12.1. The van der Waals surface area contributed by atoms with Crippen LogP contribution in [0.3, 0.4) is 0 Å². The van der Waals surface area contributed by atoms with Crippen molar-refractivity contribution in [2.75, 3.05) is 5.32 Å². The number of aromatic carboxylic acids is 1. The topological polar surface area (TPSA) is 75.1 Å². The summed E-state index contributed by atoms with van der Waals surface area (Å²) < 4.78 is 0. The van der Waals surface area contributed by atoms with Crippen LogP contribution < -0.4 is 5.32 Å². The van der Waals surface area contributed by atoms with E-state index in [2.05, 4.69) is 22.2 Å². The first-order chi connectivity index (χ1) is 7.00. The van der Waals surface area contributed by atoms with Gasteiger partial charge in [0.25, 0.3) is 0 Å². The van der Waals surface area contributed by atoms with E-state index in [4.69, 9.17) is 5.11 Å². The number of hydrogen-bond acceptors (Lipinski definition) is 4. The number of nitrogens with zero attached hydrogens (tertiary/aromatic N) is 2. The van der Waals surface area contributed by atoms with Crippen LogP contribution >= 0.6 is 0 Å². The van der Waals surface area contributed by atoms with Gasteiger partial charge in [-0.25, -0.2) is 14.8 Å². The van der Waals surface area contributed by atoms with Gasteiger partial charge in [0.15, 0.2) is 0 Å². The van der Waals surface area contributed by atoms with Crippen molar-refractivity contribution in [1.29, 1.82) is 0 Å². The van der Waals surface area contributed by atoms with Crippen molar-refractivity contribution in [3.8, 4) is 0 Å². The molecule has 0 unspecified atom stereocenters. The molecule has 2 rings (SSSR count). The fourth-order valence-corrected chi connectivity index (χ4v) is 1.32. The predicted octanol–water partition coefficient (Wildman–Crippen LogP) is 1.45. The Labute approximate surface area is 87.6 Å². The molecule has 0 aromatic carbocycles. The molecular weight excluding hydrogens is 194 g/mol. The van der Waals surface area contributed by atoms with Gasteiger partial charge in [-0.3, -0.25) is 0 Å².